The largest absolute Gasteiger partial charge is 0.380 e. The SMILES string of the molecule is CC1CCCN(C(=O)c2ccc(NCc3ccc(F)cc3)cn2)C1. The fraction of sp³-hybridized carbons (Fsp3) is 0.368. The van der Waals surface area contributed by atoms with Gasteiger partial charge in [0.2, 0.25) is 0 Å². The molecule has 1 fully saturated rings. The molecule has 1 saturated heterocycles. The Morgan fingerprint density at radius 2 is 2.08 bits per heavy atom. The van der Waals surface area contributed by atoms with Crippen molar-refractivity contribution >= 4 is 11.6 Å². The molecule has 1 unspecified atom stereocenters. The molecule has 4 nitrogen and oxygen atoms in total. The Labute approximate surface area is 141 Å². The van der Waals surface area contributed by atoms with Gasteiger partial charge in [0.25, 0.3) is 5.91 Å². The first-order chi connectivity index (χ1) is 11.6. The average molecular weight is 327 g/mol. The van der Waals surface area contributed by atoms with Crippen LogP contribution in [0.25, 0.3) is 0 Å². The number of hydrogen-bond donors (Lipinski definition) is 1. The van der Waals surface area contributed by atoms with Gasteiger partial charge in [-0.3, -0.25) is 4.79 Å². The number of aromatic nitrogens is 1. The van der Waals surface area contributed by atoms with Gasteiger partial charge < -0.3 is 10.2 Å². The van der Waals surface area contributed by atoms with Crippen LogP contribution in [-0.4, -0.2) is 28.9 Å². The fourth-order valence-corrected chi connectivity index (χ4v) is 2.97. The lowest BCUT2D eigenvalue weighted by Gasteiger charge is -2.30. The highest BCUT2D eigenvalue weighted by molar-refractivity contribution is 5.92. The molecule has 0 saturated carbocycles. The summed E-state index contributed by atoms with van der Waals surface area (Å²) in [6.45, 7) is 4.38. The number of carbonyl (C=O) groups excluding carboxylic acids is 1. The van der Waals surface area contributed by atoms with Gasteiger partial charge in [-0.05, 0) is 48.6 Å². The molecule has 1 atom stereocenters. The number of carbonyl (C=O) groups is 1. The molecular formula is C19H22FN3O. The Hall–Kier alpha value is -2.43. The molecule has 0 spiro atoms. The van der Waals surface area contributed by atoms with Gasteiger partial charge in [-0.15, -0.1) is 0 Å². The Balaban J connectivity index is 1.58. The third-order valence-electron chi connectivity index (χ3n) is 4.34. The van der Waals surface area contributed by atoms with Gasteiger partial charge in [-0.25, -0.2) is 9.37 Å². The van der Waals surface area contributed by atoms with Gasteiger partial charge in [0.1, 0.15) is 11.5 Å². The summed E-state index contributed by atoms with van der Waals surface area (Å²) in [7, 11) is 0. The van der Waals surface area contributed by atoms with Gasteiger partial charge in [-0.2, -0.15) is 0 Å². The van der Waals surface area contributed by atoms with Crippen molar-refractivity contribution < 1.29 is 9.18 Å². The quantitative estimate of drug-likeness (QED) is 0.931. The summed E-state index contributed by atoms with van der Waals surface area (Å²) in [5.74, 6) is 0.321. The minimum absolute atomic E-state index is 0.00614. The van der Waals surface area contributed by atoms with Gasteiger partial charge in [0.15, 0.2) is 0 Å². The van der Waals surface area contributed by atoms with E-state index in [1.165, 1.54) is 18.6 Å². The van der Waals surface area contributed by atoms with Crippen LogP contribution in [0.15, 0.2) is 42.6 Å². The van der Waals surface area contributed by atoms with Crippen molar-refractivity contribution in [3.63, 3.8) is 0 Å². The molecule has 1 amide bonds. The summed E-state index contributed by atoms with van der Waals surface area (Å²) < 4.78 is 12.9. The zero-order valence-corrected chi connectivity index (χ0v) is 13.8. The third kappa shape index (κ3) is 4.10. The van der Waals surface area contributed by atoms with E-state index < -0.39 is 0 Å². The summed E-state index contributed by atoms with van der Waals surface area (Å²) in [5.41, 5.74) is 2.30. The van der Waals surface area contributed by atoms with Gasteiger partial charge >= 0.3 is 0 Å². The minimum atomic E-state index is -0.240. The molecule has 0 aliphatic carbocycles. The van der Waals surface area contributed by atoms with Crippen molar-refractivity contribution in [2.45, 2.75) is 26.3 Å². The lowest BCUT2D eigenvalue weighted by molar-refractivity contribution is 0.0677. The minimum Gasteiger partial charge on any atom is -0.380 e. The van der Waals surface area contributed by atoms with E-state index in [9.17, 15) is 9.18 Å². The zero-order valence-electron chi connectivity index (χ0n) is 13.8. The lowest BCUT2D eigenvalue weighted by atomic mass is 10.00. The van der Waals surface area contributed by atoms with Gasteiger partial charge in [0, 0.05) is 19.6 Å². The molecule has 1 aliphatic rings. The molecule has 2 heterocycles. The molecule has 1 aromatic carbocycles. The number of piperidine rings is 1. The van der Waals surface area contributed by atoms with E-state index in [4.69, 9.17) is 0 Å². The van der Waals surface area contributed by atoms with E-state index in [-0.39, 0.29) is 11.7 Å². The molecule has 126 valence electrons. The van der Waals surface area contributed by atoms with E-state index in [1.807, 2.05) is 11.0 Å². The normalized spacial score (nSPS) is 17.6. The molecular weight excluding hydrogens is 305 g/mol. The molecule has 1 N–H and O–H groups in total. The van der Waals surface area contributed by atoms with Crippen molar-refractivity contribution in [1.29, 1.82) is 0 Å². The molecule has 5 heteroatoms. The Morgan fingerprint density at radius 1 is 1.29 bits per heavy atom. The first-order valence-corrected chi connectivity index (χ1v) is 8.35. The lowest BCUT2D eigenvalue weighted by Crippen LogP contribution is -2.39. The first kappa shape index (κ1) is 16.4. The maximum absolute atomic E-state index is 12.9. The first-order valence-electron chi connectivity index (χ1n) is 8.35. The number of nitrogens with zero attached hydrogens (tertiary/aromatic N) is 2. The maximum Gasteiger partial charge on any atom is 0.272 e. The van der Waals surface area contributed by atoms with Crippen LogP contribution in [-0.2, 0) is 6.54 Å². The molecule has 24 heavy (non-hydrogen) atoms. The number of pyridine rings is 1. The molecule has 1 aliphatic heterocycles. The predicted molar refractivity (Wildman–Crippen MR) is 92.3 cm³/mol. The fourth-order valence-electron chi connectivity index (χ4n) is 2.97. The summed E-state index contributed by atoms with van der Waals surface area (Å²) in [5, 5.41) is 3.22. The van der Waals surface area contributed by atoms with Crippen LogP contribution in [0.5, 0.6) is 0 Å². The van der Waals surface area contributed by atoms with Crippen LogP contribution in [0.2, 0.25) is 0 Å². The molecule has 0 bridgehead atoms. The Kier molecular flexibility index (Phi) is 5.08. The second kappa shape index (κ2) is 7.43. The van der Waals surface area contributed by atoms with Gasteiger partial charge in [0.05, 0.1) is 11.9 Å². The number of benzene rings is 1. The number of halogens is 1. The van der Waals surface area contributed by atoms with Crippen molar-refractivity contribution in [3.8, 4) is 0 Å². The topological polar surface area (TPSA) is 45.2 Å². The number of hydrogen-bond acceptors (Lipinski definition) is 3. The van der Waals surface area contributed by atoms with E-state index in [0.717, 1.165) is 30.8 Å². The molecule has 0 radical (unpaired) electrons. The highest BCUT2D eigenvalue weighted by atomic mass is 19.1. The monoisotopic (exact) mass is 327 g/mol. The number of likely N-dealkylation sites (tertiary alicyclic amines) is 1. The van der Waals surface area contributed by atoms with Crippen molar-refractivity contribution in [2.24, 2.45) is 5.92 Å². The van der Waals surface area contributed by atoms with Crippen LogP contribution < -0.4 is 5.32 Å². The van der Waals surface area contributed by atoms with E-state index in [2.05, 4.69) is 17.2 Å². The second-order valence-corrected chi connectivity index (χ2v) is 6.41. The van der Waals surface area contributed by atoms with Crippen molar-refractivity contribution in [2.75, 3.05) is 18.4 Å². The highest BCUT2D eigenvalue weighted by Crippen LogP contribution is 2.18. The Bertz CT molecular complexity index is 685. The maximum atomic E-state index is 12.9. The van der Waals surface area contributed by atoms with E-state index >= 15 is 0 Å². The number of rotatable bonds is 4. The number of nitrogens with one attached hydrogen (secondary N) is 1. The summed E-state index contributed by atoms with van der Waals surface area (Å²) in [6.07, 6.45) is 3.91. The summed E-state index contributed by atoms with van der Waals surface area (Å²) >= 11 is 0. The molecule has 2 aromatic rings. The average Bonchev–Trinajstić information content (AvgIpc) is 2.61. The van der Waals surface area contributed by atoms with E-state index in [0.29, 0.717) is 18.2 Å². The highest BCUT2D eigenvalue weighted by Gasteiger charge is 2.22. The summed E-state index contributed by atoms with van der Waals surface area (Å²) in [4.78, 5) is 18.7. The van der Waals surface area contributed by atoms with Crippen molar-refractivity contribution in [1.82, 2.24) is 9.88 Å². The van der Waals surface area contributed by atoms with Gasteiger partial charge in [-0.1, -0.05) is 19.1 Å². The number of amides is 1. The molecule has 1 aromatic heterocycles. The van der Waals surface area contributed by atoms with Crippen LogP contribution in [0.1, 0.15) is 35.8 Å². The van der Waals surface area contributed by atoms with Crippen LogP contribution >= 0.6 is 0 Å². The van der Waals surface area contributed by atoms with Crippen molar-refractivity contribution in [3.05, 3.63) is 59.7 Å². The van der Waals surface area contributed by atoms with Crippen LogP contribution in [0, 0.1) is 11.7 Å². The van der Waals surface area contributed by atoms with E-state index in [1.54, 1.807) is 24.4 Å². The summed E-state index contributed by atoms with van der Waals surface area (Å²) in [6, 6.07) is 9.98. The smallest absolute Gasteiger partial charge is 0.272 e. The van der Waals surface area contributed by atoms with Crippen LogP contribution in [0.3, 0.4) is 0 Å². The predicted octanol–water partition coefficient (Wildman–Crippen LogP) is 3.70. The second-order valence-electron chi connectivity index (χ2n) is 6.41. The third-order valence-corrected chi connectivity index (χ3v) is 4.34. The van der Waals surface area contributed by atoms with Crippen LogP contribution in [0.4, 0.5) is 10.1 Å². The number of anilines is 1. The molecule has 3 rings (SSSR count). The zero-order chi connectivity index (χ0) is 16.9. The Morgan fingerprint density at radius 3 is 2.75 bits per heavy atom. The standard InChI is InChI=1S/C19H22FN3O/c1-14-3-2-10-23(13-14)19(24)18-9-8-17(12-22-18)21-11-15-4-6-16(20)7-5-15/h4-9,12,14,21H,2-3,10-11,13H2,1H3.